The first kappa shape index (κ1) is 9.01. The molecule has 2 heteroatoms. The molecule has 1 fully saturated rings. The lowest BCUT2D eigenvalue weighted by Crippen LogP contribution is -2.24. The summed E-state index contributed by atoms with van der Waals surface area (Å²) in [5, 5.41) is 0. The van der Waals surface area contributed by atoms with Gasteiger partial charge in [-0.2, -0.15) is 0 Å². The molecule has 0 saturated carbocycles. The smallest absolute Gasteiger partial charge is 0.0656 e. The van der Waals surface area contributed by atoms with E-state index in [1.807, 2.05) is 0 Å². The quantitative estimate of drug-likeness (QED) is 0.676. The second kappa shape index (κ2) is 3.55. The van der Waals surface area contributed by atoms with Gasteiger partial charge in [-0.25, -0.2) is 0 Å². The molecule has 1 rings (SSSR count). The third-order valence-corrected chi connectivity index (χ3v) is 2.68. The number of ether oxygens (including phenoxy) is 1. The summed E-state index contributed by atoms with van der Waals surface area (Å²) >= 11 is 0. The molecule has 0 aromatic carbocycles. The molecule has 0 bridgehead atoms. The molecule has 66 valence electrons. The lowest BCUT2D eigenvalue weighted by molar-refractivity contribution is -0.0322. The predicted octanol–water partition coefficient (Wildman–Crippen LogP) is 1.68. The topological polar surface area (TPSA) is 35.2 Å². The van der Waals surface area contributed by atoms with Crippen molar-refractivity contribution in [1.29, 1.82) is 0 Å². The Morgan fingerprint density at radius 2 is 2.36 bits per heavy atom. The summed E-state index contributed by atoms with van der Waals surface area (Å²) in [6.45, 7) is 5.14. The molecule has 2 unspecified atom stereocenters. The predicted molar refractivity (Wildman–Crippen MR) is 46.5 cm³/mol. The van der Waals surface area contributed by atoms with Crippen molar-refractivity contribution in [2.45, 2.75) is 51.2 Å². The second-order valence-corrected chi connectivity index (χ2v) is 3.66. The van der Waals surface area contributed by atoms with Crippen LogP contribution in [0.5, 0.6) is 0 Å². The SMILES string of the molecule is CCC1(C)CCC(CCN)O1. The minimum Gasteiger partial charge on any atom is -0.372 e. The monoisotopic (exact) mass is 157 g/mol. The van der Waals surface area contributed by atoms with Gasteiger partial charge in [-0.3, -0.25) is 0 Å². The Morgan fingerprint density at radius 3 is 2.82 bits per heavy atom. The first-order valence-corrected chi connectivity index (χ1v) is 4.58. The molecule has 0 radical (unpaired) electrons. The lowest BCUT2D eigenvalue weighted by atomic mass is 9.99. The zero-order valence-corrected chi connectivity index (χ0v) is 7.60. The third kappa shape index (κ3) is 2.17. The van der Waals surface area contributed by atoms with Crippen molar-refractivity contribution < 1.29 is 4.74 Å². The molecule has 0 aromatic heterocycles. The molecule has 11 heavy (non-hydrogen) atoms. The van der Waals surface area contributed by atoms with Gasteiger partial charge in [0.25, 0.3) is 0 Å². The van der Waals surface area contributed by atoms with Gasteiger partial charge in [0.05, 0.1) is 11.7 Å². The van der Waals surface area contributed by atoms with E-state index in [0.717, 1.165) is 19.4 Å². The molecule has 0 amide bonds. The van der Waals surface area contributed by atoms with E-state index in [4.69, 9.17) is 10.5 Å². The molecule has 1 aliphatic rings. The van der Waals surface area contributed by atoms with E-state index in [9.17, 15) is 0 Å². The maximum atomic E-state index is 5.86. The number of nitrogens with two attached hydrogens (primary N) is 1. The fourth-order valence-corrected chi connectivity index (χ4v) is 1.64. The third-order valence-electron chi connectivity index (χ3n) is 2.68. The van der Waals surface area contributed by atoms with Crippen molar-refractivity contribution >= 4 is 0 Å². The minimum absolute atomic E-state index is 0.153. The molecule has 0 spiro atoms. The highest BCUT2D eigenvalue weighted by atomic mass is 16.5. The first-order chi connectivity index (χ1) is 5.20. The van der Waals surface area contributed by atoms with Crippen LogP contribution in [0.1, 0.15) is 39.5 Å². The number of hydrogen-bond donors (Lipinski definition) is 1. The van der Waals surface area contributed by atoms with E-state index in [1.165, 1.54) is 12.8 Å². The van der Waals surface area contributed by atoms with Crippen LogP contribution in [0.15, 0.2) is 0 Å². The number of rotatable bonds is 3. The highest BCUT2D eigenvalue weighted by molar-refractivity contribution is 4.83. The molecule has 2 N–H and O–H groups in total. The van der Waals surface area contributed by atoms with Crippen LogP contribution in [0.2, 0.25) is 0 Å². The zero-order valence-electron chi connectivity index (χ0n) is 7.60. The van der Waals surface area contributed by atoms with Gasteiger partial charge in [-0.15, -0.1) is 0 Å². The average Bonchev–Trinajstić information content (AvgIpc) is 2.35. The van der Waals surface area contributed by atoms with E-state index < -0.39 is 0 Å². The summed E-state index contributed by atoms with van der Waals surface area (Å²) in [5.41, 5.74) is 5.61. The standard InChI is InChI=1S/C9H19NO/c1-3-9(2)6-4-8(11-9)5-7-10/h8H,3-7,10H2,1-2H3. The molecule has 1 saturated heterocycles. The van der Waals surface area contributed by atoms with Crippen molar-refractivity contribution in [2.75, 3.05) is 6.54 Å². The van der Waals surface area contributed by atoms with Crippen LogP contribution in [0.4, 0.5) is 0 Å². The fourth-order valence-electron chi connectivity index (χ4n) is 1.64. The lowest BCUT2D eigenvalue weighted by Gasteiger charge is -2.22. The van der Waals surface area contributed by atoms with Crippen molar-refractivity contribution in [3.05, 3.63) is 0 Å². The van der Waals surface area contributed by atoms with E-state index >= 15 is 0 Å². The Labute approximate surface area is 69.1 Å². The largest absolute Gasteiger partial charge is 0.372 e. The van der Waals surface area contributed by atoms with Gasteiger partial charge in [-0.1, -0.05) is 6.92 Å². The normalized spacial score (nSPS) is 37.9. The van der Waals surface area contributed by atoms with Gasteiger partial charge in [-0.05, 0) is 39.2 Å². The maximum absolute atomic E-state index is 5.86. The van der Waals surface area contributed by atoms with Crippen LogP contribution in [-0.4, -0.2) is 18.2 Å². The van der Waals surface area contributed by atoms with Crippen molar-refractivity contribution in [3.63, 3.8) is 0 Å². The molecule has 0 aromatic rings. The molecule has 2 nitrogen and oxygen atoms in total. The van der Waals surface area contributed by atoms with Gasteiger partial charge in [0.15, 0.2) is 0 Å². The first-order valence-electron chi connectivity index (χ1n) is 4.58. The van der Waals surface area contributed by atoms with Gasteiger partial charge in [0.1, 0.15) is 0 Å². The summed E-state index contributed by atoms with van der Waals surface area (Å²) in [6, 6.07) is 0. The summed E-state index contributed by atoms with van der Waals surface area (Å²) in [4.78, 5) is 0. The highest BCUT2D eigenvalue weighted by Gasteiger charge is 2.33. The molecule has 0 aliphatic carbocycles. The molecule has 1 aliphatic heterocycles. The Balaban J connectivity index is 2.33. The van der Waals surface area contributed by atoms with E-state index in [-0.39, 0.29) is 5.60 Å². The van der Waals surface area contributed by atoms with Gasteiger partial charge < -0.3 is 10.5 Å². The minimum atomic E-state index is 0.153. The van der Waals surface area contributed by atoms with Crippen LogP contribution in [0, 0.1) is 0 Å². The van der Waals surface area contributed by atoms with Crippen LogP contribution in [-0.2, 0) is 4.74 Å². The summed E-state index contributed by atoms with van der Waals surface area (Å²) < 4.78 is 5.86. The Bertz CT molecular complexity index is 127. The Kier molecular flexibility index (Phi) is 2.90. The van der Waals surface area contributed by atoms with Gasteiger partial charge >= 0.3 is 0 Å². The fraction of sp³-hybridized carbons (Fsp3) is 1.00. The molecular formula is C9H19NO. The molecule has 1 heterocycles. The summed E-state index contributed by atoms with van der Waals surface area (Å²) in [6.07, 6.45) is 4.98. The van der Waals surface area contributed by atoms with Crippen LogP contribution in [0.25, 0.3) is 0 Å². The van der Waals surface area contributed by atoms with E-state index in [0.29, 0.717) is 6.10 Å². The summed E-state index contributed by atoms with van der Waals surface area (Å²) in [5.74, 6) is 0. The highest BCUT2D eigenvalue weighted by Crippen LogP contribution is 2.33. The summed E-state index contributed by atoms with van der Waals surface area (Å²) in [7, 11) is 0. The molecular weight excluding hydrogens is 138 g/mol. The van der Waals surface area contributed by atoms with Crippen LogP contribution < -0.4 is 5.73 Å². The Hall–Kier alpha value is -0.0800. The number of hydrogen-bond acceptors (Lipinski definition) is 2. The van der Waals surface area contributed by atoms with E-state index in [2.05, 4.69) is 13.8 Å². The average molecular weight is 157 g/mol. The Morgan fingerprint density at radius 1 is 1.64 bits per heavy atom. The van der Waals surface area contributed by atoms with Gasteiger partial charge in [0.2, 0.25) is 0 Å². The maximum Gasteiger partial charge on any atom is 0.0656 e. The van der Waals surface area contributed by atoms with Crippen molar-refractivity contribution in [3.8, 4) is 0 Å². The van der Waals surface area contributed by atoms with Gasteiger partial charge in [0, 0.05) is 0 Å². The van der Waals surface area contributed by atoms with Crippen LogP contribution in [0.3, 0.4) is 0 Å². The molecule has 2 atom stereocenters. The second-order valence-electron chi connectivity index (χ2n) is 3.66. The van der Waals surface area contributed by atoms with Crippen molar-refractivity contribution in [1.82, 2.24) is 0 Å². The zero-order chi connectivity index (χ0) is 8.32. The van der Waals surface area contributed by atoms with Crippen LogP contribution >= 0.6 is 0 Å². The van der Waals surface area contributed by atoms with Crippen molar-refractivity contribution in [2.24, 2.45) is 5.73 Å². The van der Waals surface area contributed by atoms with E-state index in [1.54, 1.807) is 0 Å².